The van der Waals surface area contributed by atoms with Crippen LogP contribution in [-0.2, 0) is 4.74 Å². The van der Waals surface area contributed by atoms with Crippen LogP contribution < -0.4 is 16.0 Å². The first-order valence-electron chi connectivity index (χ1n) is 12.2. The van der Waals surface area contributed by atoms with E-state index < -0.39 is 17.6 Å². The highest BCUT2D eigenvalue weighted by Gasteiger charge is 2.21. The average molecular weight is 609 g/mol. The maximum atomic E-state index is 14.3. The Kier molecular flexibility index (Phi) is 10.0. The number of hydrogen-bond donors (Lipinski definition) is 4. The van der Waals surface area contributed by atoms with E-state index in [4.69, 9.17) is 27.9 Å². The highest BCUT2D eigenvalue weighted by molar-refractivity contribution is 6.34. The van der Waals surface area contributed by atoms with Gasteiger partial charge >= 0.3 is 0 Å². The molecular formula is C28H29Cl3FN5O3. The molecule has 0 saturated carbocycles. The molecule has 0 bridgehead atoms. The summed E-state index contributed by atoms with van der Waals surface area (Å²) >= 11 is 12.3. The van der Waals surface area contributed by atoms with Crippen LogP contribution in [0.4, 0.5) is 21.7 Å². The zero-order chi connectivity index (χ0) is 28.3. The molecule has 0 saturated heterocycles. The largest absolute Gasteiger partial charge is 0.374 e. The Hall–Kier alpha value is -3.37. The molecule has 2 amide bonds. The van der Waals surface area contributed by atoms with Crippen molar-refractivity contribution in [2.45, 2.75) is 33.3 Å². The van der Waals surface area contributed by atoms with Crippen LogP contribution in [0.2, 0.25) is 10.0 Å². The van der Waals surface area contributed by atoms with Crippen molar-refractivity contribution in [3.63, 3.8) is 0 Å². The molecule has 0 aliphatic rings. The van der Waals surface area contributed by atoms with Crippen LogP contribution in [0.15, 0.2) is 48.5 Å². The van der Waals surface area contributed by atoms with Crippen molar-refractivity contribution in [2.24, 2.45) is 0 Å². The van der Waals surface area contributed by atoms with Gasteiger partial charge in [-0.1, -0.05) is 35.3 Å². The summed E-state index contributed by atoms with van der Waals surface area (Å²) in [6.45, 7) is 8.59. The van der Waals surface area contributed by atoms with E-state index >= 15 is 0 Å². The number of rotatable bonds is 8. The van der Waals surface area contributed by atoms with E-state index in [0.717, 1.165) is 6.07 Å². The summed E-state index contributed by atoms with van der Waals surface area (Å²) in [6.07, 6.45) is 0. The fourth-order valence-corrected chi connectivity index (χ4v) is 4.24. The summed E-state index contributed by atoms with van der Waals surface area (Å²) in [6, 6.07) is 12.2. The molecule has 1 aromatic heterocycles. The molecule has 40 heavy (non-hydrogen) atoms. The Labute approximate surface area is 247 Å². The van der Waals surface area contributed by atoms with Gasteiger partial charge < -0.3 is 25.7 Å². The van der Waals surface area contributed by atoms with Crippen LogP contribution in [0.3, 0.4) is 0 Å². The molecule has 0 aliphatic carbocycles. The molecule has 3 aromatic carbocycles. The Bertz CT molecular complexity index is 1530. The lowest BCUT2D eigenvalue weighted by Gasteiger charge is -2.19. The minimum absolute atomic E-state index is 0. The Balaban J connectivity index is 0.00000441. The number of hydrogen-bond acceptors (Lipinski definition) is 5. The first-order valence-corrected chi connectivity index (χ1v) is 12.9. The zero-order valence-corrected chi connectivity index (χ0v) is 24.6. The van der Waals surface area contributed by atoms with Crippen LogP contribution >= 0.6 is 35.6 Å². The average Bonchev–Trinajstić information content (AvgIpc) is 3.26. The van der Waals surface area contributed by atoms with E-state index in [0.29, 0.717) is 46.4 Å². The number of imidazole rings is 1. The number of carbonyl (C=O) groups is 2. The van der Waals surface area contributed by atoms with Crippen molar-refractivity contribution in [3.05, 3.63) is 81.1 Å². The highest BCUT2D eigenvalue weighted by atomic mass is 35.5. The molecule has 0 unspecified atom stereocenters. The lowest BCUT2D eigenvalue weighted by molar-refractivity contribution is 0.00328. The summed E-state index contributed by atoms with van der Waals surface area (Å²) in [5.41, 5.74) is 1.90. The monoisotopic (exact) mass is 607 g/mol. The lowest BCUT2D eigenvalue weighted by atomic mass is 10.1. The molecule has 4 aromatic rings. The molecule has 12 heteroatoms. The van der Waals surface area contributed by atoms with Crippen molar-refractivity contribution in [1.29, 1.82) is 0 Å². The van der Waals surface area contributed by atoms with Gasteiger partial charge in [0.05, 0.1) is 33.9 Å². The minimum Gasteiger partial charge on any atom is -0.374 e. The van der Waals surface area contributed by atoms with Gasteiger partial charge in [-0.25, -0.2) is 9.37 Å². The van der Waals surface area contributed by atoms with Crippen LogP contribution in [0.5, 0.6) is 0 Å². The maximum Gasteiger partial charge on any atom is 0.260 e. The summed E-state index contributed by atoms with van der Waals surface area (Å²) in [5, 5.41) is 9.11. The smallest absolute Gasteiger partial charge is 0.260 e. The van der Waals surface area contributed by atoms with Gasteiger partial charge in [0, 0.05) is 22.9 Å². The second-order valence-electron chi connectivity index (χ2n) is 9.81. The number of anilines is 3. The molecule has 212 valence electrons. The number of amides is 2. The molecule has 1 heterocycles. The SMILES string of the molecule is Cc1c(Cl)cccc1NC(=O)c1cc(NC(=O)c2c(F)cccc2Cl)cc2[nH]c(NCCOC(C)(C)C)nc12.Cl. The molecule has 4 N–H and O–H groups in total. The van der Waals surface area contributed by atoms with Crippen molar-refractivity contribution in [3.8, 4) is 0 Å². The number of carbonyl (C=O) groups excluding carboxylic acids is 2. The molecule has 0 fully saturated rings. The number of aromatic nitrogens is 2. The summed E-state index contributed by atoms with van der Waals surface area (Å²) < 4.78 is 20.1. The van der Waals surface area contributed by atoms with E-state index in [1.165, 1.54) is 18.2 Å². The van der Waals surface area contributed by atoms with Gasteiger partial charge in [0.2, 0.25) is 5.95 Å². The molecule has 0 radical (unpaired) electrons. The Morgan fingerprint density at radius 2 is 1.73 bits per heavy atom. The number of nitrogens with zero attached hydrogens (tertiary/aromatic N) is 1. The molecule has 8 nitrogen and oxygen atoms in total. The van der Waals surface area contributed by atoms with E-state index in [1.807, 2.05) is 20.8 Å². The van der Waals surface area contributed by atoms with Crippen LogP contribution in [0, 0.1) is 12.7 Å². The molecule has 0 atom stereocenters. The second kappa shape index (κ2) is 12.9. The summed E-state index contributed by atoms with van der Waals surface area (Å²) in [5.74, 6) is -1.58. The molecular weight excluding hydrogens is 580 g/mol. The van der Waals surface area contributed by atoms with Gasteiger partial charge in [-0.3, -0.25) is 9.59 Å². The summed E-state index contributed by atoms with van der Waals surface area (Å²) in [7, 11) is 0. The predicted molar refractivity (Wildman–Crippen MR) is 161 cm³/mol. The van der Waals surface area contributed by atoms with Crippen LogP contribution in [-0.4, -0.2) is 40.5 Å². The first-order chi connectivity index (χ1) is 18.4. The number of benzene rings is 3. The topological polar surface area (TPSA) is 108 Å². The quantitative estimate of drug-likeness (QED) is 0.155. The molecule has 0 spiro atoms. The third kappa shape index (κ3) is 7.42. The zero-order valence-electron chi connectivity index (χ0n) is 22.2. The van der Waals surface area contributed by atoms with Gasteiger partial charge in [0.25, 0.3) is 11.8 Å². The lowest BCUT2D eigenvalue weighted by Crippen LogP contribution is -2.23. The van der Waals surface area contributed by atoms with Gasteiger partial charge in [0.15, 0.2) is 0 Å². The number of ether oxygens (including phenoxy) is 1. The Morgan fingerprint density at radius 1 is 1.02 bits per heavy atom. The fourth-order valence-electron chi connectivity index (χ4n) is 3.81. The number of H-pyrrole nitrogens is 1. The first kappa shape index (κ1) is 31.2. The normalized spacial score (nSPS) is 11.2. The molecule has 4 rings (SSSR count). The van der Waals surface area contributed by atoms with Crippen LogP contribution in [0.25, 0.3) is 11.0 Å². The highest BCUT2D eigenvalue weighted by Crippen LogP contribution is 2.28. The summed E-state index contributed by atoms with van der Waals surface area (Å²) in [4.78, 5) is 34.0. The molecule has 0 aliphatic heterocycles. The van der Waals surface area contributed by atoms with Crippen molar-refractivity contribution < 1.29 is 18.7 Å². The maximum absolute atomic E-state index is 14.3. The van der Waals surface area contributed by atoms with E-state index in [1.54, 1.807) is 31.2 Å². The van der Waals surface area contributed by atoms with Gasteiger partial charge in [-0.15, -0.1) is 12.4 Å². The fraction of sp³-hybridized carbons (Fsp3) is 0.250. The van der Waals surface area contributed by atoms with E-state index in [-0.39, 0.29) is 39.8 Å². The third-order valence-corrected chi connectivity index (χ3v) is 6.45. The standard InChI is InChI=1S/C28H28Cl2FN5O3.ClH/c1-15-18(29)7-6-10-21(15)34-25(37)17-13-16(33-26(38)23-19(30)8-5-9-20(23)31)14-22-24(17)36-27(35-22)32-11-12-39-28(2,3)4;/h5-10,13-14H,11-12H2,1-4H3,(H,33,38)(H,34,37)(H2,32,35,36);1H. The van der Waals surface area contributed by atoms with Crippen LogP contribution in [0.1, 0.15) is 47.1 Å². The van der Waals surface area contributed by atoms with Crippen molar-refractivity contribution >= 4 is 75.8 Å². The number of fused-ring (bicyclic) bond motifs is 1. The number of aromatic amines is 1. The predicted octanol–water partition coefficient (Wildman–Crippen LogP) is 7.47. The number of nitrogens with one attached hydrogen (secondary N) is 4. The van der Waals surface area contributed by atoms with Crippen molar-refractivity contribution in [1.82, 2.24) is 9.97 Å². The Morgan fingerprint density at radius 3 is 2.42 bits per heavy atom. The minimum atomic E-state index is -0.763. The van der Waals surface area contributed by atoms with Gasteiger partial charge in [0.1, 0.15) is 11.3 Å². The second-order valence-corrected chi connectivity index (χ2v) is 10.6. The third-order valence-electron chi connectivity index (χ3n) is 5.72. The van der Waals surface area contributed by atoms with Gasteiger partial charge in [-0.05, 0) is 69.7 Å². The van der Waals surface area contributed by atoms with E-state index in [9.17, 15) is 14.0 Å². The van der Waals surface area contributed by atoms with Crippen molar-refractivity contribution in [2.75, 3.05) is 29.1 Å². The van der Waals surface area contributed by atoms with E-state index in [2.05, 4.69) is 25.9 Å². The number of halogens is 4. The van der Waals surface area contributed by atoms with Gasteiger partial charge in [-0.2, -0.15) is 0 Å².